The molecule has 1 amide bonds. The third-order valence-electron chi connectivity index (χ3n) is 3.36. The maximum atomic E-state index is 12.3. The normalized spacial score (nSPS) is 14.0. The minimum atomic E-state index is 0.0302. The maximum Gasteiger partial charge on any atom is 0.256 e. The van der Waals surface area contributed by atoms with Crippen LogP contribution < -0.4 is 0 Å². The molecule has 0 unspecified atom stereocenters. The van der Waals surface area contributed by atoms with Gasteiger partial charge in [0, 0.05) is 14.2 Å². The van der Waals surface area contributed by atoms with Gasteiger partial charge in [0.15, 0.2) is 0 Å². The standard InChI is InChI=1S/C14H15N3O2/c1-16-7-13-11(8-19-2)15-9-17(13)12-6-4-3-5-10(12)14(16)18/h3-6,9H,7-8H2,1-2H3. The van der Waals surface area contributed by atoms with Crippen molar-refractivity contribution in [1.29, 1.82) is 0 Å². The van der Waals surface area contributed by atoms with E-state index in [1.807, 2.05) is 28.8 Å². The molecule has 1 aliphatic rings. The van der Waals surface area contributed by atoms with Gasteiger partial charge in [-0.25, -0.2) is 4.98 Å². The number of carbonyl (C=O) groups is 1. The first-order valence-corrected chi connectivity index (χ1v) is 6.11. The van der Waals surface area contributed by atoms with Crippen molar-refractivity contribution >= 4 is 5.91 Å². The fraction of sp³-hybridized carbons (Fsp3) is 0.286. The van der Waals surface area contributed by atoms with E-state index in [-0.39, 0.29) is 5.91 Å². The minimum absolute atomic E-state index is 0.0302. The second-order valence-corrected chi connectivity index (χ2v) is 4.62. The van der Waals surface area contributed by atoms with Crippen molar-refractivity contribution in [2.75, 3.05) is 14.2 Å². The molecule has 0 N–H and O–H groups in total. The Morgan fingerprint density at radius 2 is 2.16 bits per heavy atom. The van der Waals surface area contributed by atoms with Gasteiger partial charge in [-0.05, 0) is 12.1 Å². The molecule has 1 aromatic heterocycles. The van der Waals surface area contributed by atoms with Gasteiger partial charge in [-0.2, -0.15) is 0 Å². The number of benzene rings is 1. The highest BCUT2D eigenvalue weighted by Crippen LogP contribution is 2.25. The summed E-state index contributed by atoms with van der Waals surface area (Å²) in [5.74, 6) is 0.0302. The van der Waals surface area contributed by atoms with E-state index in [1.54, 1.807) is 25.4 Å². The molecule has 98 valence electrons. The first-order chi connectivity index (χ1) is 9.22. The first kappa shape index (κ1) is 11.9. The minimum Gasteiger partial charge on any atom is -0.378 e. The Morgan fingerprint density at radius 3 is 2.95 bits per heavy atom. The predicted octanol–water partition coefficient (Wildman–Crippen LogP) is 1.60. The molecular weight excluding hydrogens is 242 g/mol. The van der Waals surface area contributed by atoms with Gasteiger partial charge < -0.3 is 14.2 Å². The molecule has 2 heterocycles. The highest BCUT2D eigenvalue weighted by molar-refractivity contribution is 5.98. The summed E-state index contributed by atoms with van der Waals surface area (Å²) in [5, 5.41) is 0. The molecule has 0 saturated heterocycles. The number of para-hydroxylation sites is 1. The van der Waals surface area contributed by atoms with E-state index in [2.05, 4.69) is 4.98 Å². The van der Waals surface area contributed by atoms with Crippen LogP contribution >= 0.6 is 0 Å². The van der Waals surface area contributed by atoms with Crippen LogP contribution in [-0.2, 0) is 17.9 Å². The number of hydrogen-bond donors (Lipinski definition) is 0. The van der Waals surface area contributed by atoms with Crippen LogP contribution in [0.25, 0.3) is 5.69 Å². The molecular formula is C14H15N3O2. The van der Waals surface area contributed by atoms with Crippen LogP contribution in [0.15, 0.2) is 30.6 Å². The van der Waals surface area contributed by atoms with Crippen molar-refractivity contribution in [1.82, 2.24) is 14.5 Å². The monoisotopic (exact) mass is 257 g/mol. The number of fused-ring (bicyclic) bond motifs is 3. The lowest BCUT2D eigenvalue weighted by atomic mass is 10.1. The lowest BCUT2D eigenvalue weighted by Crippen LogP contribution is -2.25. The van der Waals surface area contributed by atoms with Crippen molar-refractivity contribution in [3.8, 4) is 5.69 Å². The first-order valence-electron chi connectivity index (χ1n) is 6.11. The van der Waals surface area contributed by atoms with Crippen molar-refractivity contribution < 1.29 is 9.53 Å². The van der Waals surface area contributed by atoms with Crippen LogP contribution in [0.3, 0.4) is 0 Å². The molecule has 1 aromatic carbocycles. The van der Waals surface area contributed by atoms with E-state index in [1.165, 1.54) is 0 Å². The number of nitrogens with zero attached hydrogens (tertiary/aromatic N) is 3. The molecule has 0 bridgehead atoms. The number of rotatable bonds is 2. The molecule has 0 saturated carbocycles. The quantitative estimate of drug-likeness (QED) is 0.821. The highest BCUT2D eigenvalue weighted by Gasteiger charge is 2.25. The van der Waals surface area contributed by atoms with E-state index < -0.39 is 0 Å². The number of amides is 1. The van der Waals surface area contributed by atoms with Gasteiger partial charge in [0.05, 0.1) is 42.1 Å². The predicted molar refractivity (Wildman–Crippen MR) is 70.1 cm³/mol. The molecule has 3 rings (SSSR count). The molecule has 5 nitrogen and oxygen atoms in total. The number of imidazole rings is 1. The van der Waals surface area contributed by atoms with Gasteiger partial charge in [0.2, 0.25) is 0 Å². The Bertz CT molecular complexity index is 633. The summed E-state index contributed by atoms with van der Waals surface area (Å²) in [6.45, 7) is 0.985. The zero-order valence-corrected chi connectivity index (χ0v) is 11.0. The molecule has 0 aliphatic carbocycles. The fourth-order valence-electron chi connectivity index (χ4n) is 2.41. The largest absolute Gasteiger partial charge is 0.378 e. The van der Waals surface area contributed by atoms with Crippen molar-refractivity contribution in [2.24, 2.45) is 0 Å². The SMILES string of the molecule is COCc1ncn2c1CN(C)C(=O)c1ccccc1-2. The Kier molecular flexibility index (Phi) is 2.83. The zero-order chi connectivity index (χ0) is 13.4. The van der Waals surface area contributed by atoms with Gasteiger partial charge in [-0.15, -0.1) is 0 Å². The molecule has 0 spiro atoms. The number of carbonyl (C=O) groups excluding carboxylic acids is 1. The van der Waals surface area contributed by atoms with Gasteiger partial charge >= 0.3 is 0 Å². The second kappa shape index (κ2) is 4.51. The van der Waals surface area contributed by atoms with E-state index in [0.29, 0.717) is 18.7 Å². The molecule has 1 aliphatic heterocycles. The lowest BCUT2D eigenvalue weighted by Gasteiger charge is -2.14. The Balaban J connectivity index is 2.22. The highest BCUT2D eigenvalue weighted by atomic mass is 16.5. The number of hydrogen-bond acceptors (Lipinski definition) is 3. The van der Waals surface area contributed by atoms with Gasteiger partial charge in [0.25, 0.3) is 5.91 Å². The summed E-state index contributed by atoms with van der Waals surface area (Å²) in [5.41, 5.74) is 3.45. The van der Waals surface area contributed by atoms with Crippen molar-refractivity contribution in [3.05, 3.63) is 47.5 Å². The summed E-state index contributed by atoms with van der Waals surface area (Å²) in [6, 6.07) is 7.59. The number of aromatic nitrogens is 2. The molecule has 0 atom stereocenters. The van der Waals surface area contributed by atoms with Crippen LogP contribution in [0, 0.1) is 0 Å². The van der Waals surface area contributed by atoms with Crippen LogP contribution in [-0.4, -0.2) is 34.5 Å². The Hall–Kier alpha value is -2.14. The van der Waals surface area contributed by atoms with Crippen LogP contribution in [0.2, 0.25) is 0 Å². The van der Waals surface area contributed by atoms with Gasteiger partial charge in [-0.1, -0.05) is 12.1 Å². The van der Waals surface area contributed by atoms with Crippen LogP contribution in [0.5, 0.6) is 0 Å². The number of methoxy groups -OCH3 is 1. The van der Waals surface area contributed by atoms with E-state index in [9.17, 15) is 4.79 Å². The van der Waals surface area contributed by atoms with E-state index in [4.69, 9.17) is 4.74 Å². The smallest absolute Gasteiger partial charge is 0.256 e. The second-order valence-electron chi connectivity index (χ2n) is 4.62. The average molecular weight is 257 g/mol. The molecule has 0 fully saturated rings. The van der Waals surface area contributed by atoms with E-state index >= 15 is 0 Å². The summed E-state index contributed by atoms with van der Waals surface area (Å²) in [4.78, 5) is 18.4. The zero-order valence-electron chi connectivity index (χ0n) is 11.0. The van der Waals surface area contributed by atoms with Gasteiger partial charge in [-0.3, -0.25) is 4.79 Å². The lowest BCUT2D eigenvalue weighted by molar-refractivity contribution is 0.0786. The van der Waals surface area contributed by atoms with Crippen molar-refractivity contribution in [3.63, 3.8) is 0 Å². The van der Waals surface area contributed by atoms with Crippen LogP contribution in [0.1, 0.15) is 21.7 Å². The summed E-state index contributed by atoms with van der Waals surface area (Å²) in [7, 11) is 3.45. The third kappa shape index (κ3) is 1.82. The molecule has 0 radical (unpaired) electrons. The number of ether oxygens (including phenoxy) is 1. The fourth-order valence-corrected chi connectivity index (χ4v) is 2.41. The summed E-state index contributed by atoms with van der Waals surface area (Å²) < 4.78 is 7.14. The summed E-state index contributed by atoms with van der Waals surface area (Å²) in [6.07, 6.45) is 1.76. The topological polar surface area (TPSA) is 47.4 Å². The third-order valence-corrected chi connectivity index (χ3v) is 3.36. The Morgan fingerprint density at radius 1 is 1.37 bits per heavy atom. The van der Waals surface area contributed by atoms with Gasteiger partial charge in [0.1, 0.15) is 0 Å². The van der Waals surface area contributed by atoms with Crippen molar-refractivity contribution in [2.45, 2.75) is 13.2 Å². The molecule has 5 heteroatoms. The van der Waals surface area contributed by atoms with E-state index in [0.717, 1.165) is 17.1 Å². The summed E-state index contributed by atoms with van der Waals surface area (Å²) >= 11 is 0. The maximum absolute atomic E-state index is 12.3. The van der Waals surface area contributed by atoms with Crippen LogP contribution in [0.4, 0.5) is 0 Å². The molecule has 2 aromatic rings. The average Bonchev–Trinajstić information content (AvgIpc) is 2.77. The molecule has 19 heavy (non-hydrogen) atoms. The Labute approximate surface area is 111 Å².